The molecule has 0 saturated heterocycles. The van der Waals surface area contributed by atoms with E-state index in [0.29, 0.717) is 29.3 Å². The second kappa shape index (κ2) is 17.0. The summed E-state index contributed by atoms with van der Waals surface area (Å²) in [6.45, 7) is 0.149. The smallest absolute Gasteiger partial charge is 0.375 e. The number of hydrogen-bond acceptors (Lipinski definition) is 6. The van der Waals surface area contributed by atoms with Crippen LogP contribution in [0.2, 0.25) is 0 Å². The summed E-state index contributed by atoms with van der Waals surface area (Å²) < 4.78 is 131. The van der Waals surface area contributed by atoms with E-state index < -0.39 is 37.9 Å². The number of fused-ring (bicyclic) bond motifs is 3. The highest BCUT2D eigenvalue weighted by Crippen LogP contribution is 2.35. The summed E-state index contributed by atoms with van der Waals surface area (Å²) in [4.78, 5) is 0. The Bertz CT molecular complexity index is 1630. The average molecular weight is 701 g/mol. The van der Waals surface area contributed by atoms with E-state index in [1.54, 1.807) is 24.3 Å². The fourth-order valence-electron chi connectivity index (χ4n) is 5.27. The second-order valence-electron chi connectivity index (χ2n) is 11.2. The maximum absolute atomic E-state index is 13.0. The summed E-state index contributed by atoms with van der Waals surface area (Å²) in [6.07, 6.45) is 15.0. The molecular weight excluding hydrogens is 660 g/mol. The number of rotatable bonds is 20. The van der Waals surface area contributed by atoms with Crippen LogP contribution in [0.5, 0.6) is 5.75 Å². The zero-order chi connectivity index (χ0) is 33.8. The van der Waals surface area contributed by atoms with Crippen LogP contribution in [0.15, 0.2) is 48.7 Å². The molecule has 0 unspecified atom stereocenters. The third kappa shape index (κ3) is 11.0. The third-order valence-electron chi connectivity index (χ3n) is 7.64. The van der Waals surface area contributed by atoms with Gasteiger partial charge in [0.15, 0.2) is 11.9 Å². The standard InChI is InChI=1S/C31H40F6NO6S2/c32-30(33,34)45(39,40)43-23-16-12-10-8-6-4-2-1-3-5-7-9-11-15-22-38-24-25-18-13-14-19-26(25)29-27(38)20-17-21-28(29)44-46(41,42)31(35,36)37/h13-14,17-21,24H,1-12,15-16,22-23H2/q+1. The highest BCUT2D eigenvalue weighted by atomic mass is 32.2. The fourth-order valence-corrected chi connectivity index (χ4v) is 6.21. The van der Waals surface area contributed by atoms with Crippen molar-refractivity contribution >= 4 is 41.9 Å². The van der Waals surface area contributed by atoms with Gasteiger partial charge in [-0.25, -0.2) is 0 Å². The van der Waals surface area contributed by atoms with Crippen LogP contribution in [0.25, 0.3) is 21.7 Å². The lowest BCUT2D eigenvalue weighted by atomic mass is 10.0. The summed E-state index contributed by atoms with van der Waals surface area (Å²) in [5.41, 5.74) is -10.3. The van der Waals surface area contributed by atoms with Crippen molar-refractivity contribution in [2.45, 2.75) is 107 Å². The van der Waals surface area contributed by atoms with Gasteiger partial charge in [0.1, 0.15) is 6.54 Å². The molecule has 3 aromatic rings. The molecule has 1 heterocycles. The van der Waals surface area contributed by atoms with Crippen molar-refractivity contribution < 1.29 is 56.1 Å². The SMILES string of the molecule is O=S(=O)(OCCCCCCCCCCCCCCCC[n+]1cc2ccccc2c2c(OS(=O)(=O)C(F)(F)F)cccc21)C(F)(F)F. The van der Waals surface area contributed by atoms with Crippen LogP contribution < -0.4 is 8.75 Å². The highest BCUT2D eigenvalue weighted by Gasteiger charge is 2.49. The zero-order valence-corrected chi connectivity index (χ0v) is 27.0. The zero-order valence-electron chi connectivity index (χ0n) is 25.4. The lowest BCUT2D eigenvalue weighted by Gasteiger charge is -2.12. The van der Waals surface area contributed by atoms with Gasteiger partial charge in [-0.3, -0.25) is 4.18 Å². The molecule has 258 valence electrons. The first-order valence-corrected chi connectivity index (χ1v) is 18.3. The minimum atomic E-state index is -5.83. The quantitative estimate of drug-likeness (QED) is 0.0292. The Labute approximate surface area is 266 Å². The van der Waals surface area contributed by atoms with Crippen LogP contribution in [-0.4, -0.2) is 34.5 Å². The van der Waals surface area contributed by atoms with Gasteiger partial charge < -0.3 is 4.18 Å². The van der Waals surface area contributed by atoms with E-state index in [1.165, 1.54) is 12.1 Å². The van der Waals surface area contributed by atoms with Gasteiger partial charge in [0.25, 0.3) is 0 Å². The van der Waals surface area contributed by atoms with Crippen LogP contribution >= 0.6 is 0 Å². The molecule has 2 aromatic carbocycles. The number of hydrogen-bond donors (Lipinski definition) is 0. The predicted octanol–water partition coefficient (Wildman–Crippen LogP) is 8.84. The number of unbranched alkanes of at least 4 members (excludes halogenated alkanes) is 13. The molecule has 0 fully saturated rings. The van der Waals surface area contributed by atoms with Gasteiger partial charge in [0.05, 0.1) is 12.0 Å². The summed E-state index contributed by atoms with van der Waals surface area (Å²) in [7, 11) is -11.3. The first kappa shape index (κ1) is 37.8. The highest BCUT2D eigenvalue weighted by molar-refractivity contribution is 7.88. The topological polar surface area (TPSA) is 90.6 Å². The molecule has 0 spiro atoms. The number of benzene rings is 2. The predicted molar refractivity (Wildman–Crippen MR) is 163 cm³/mol. The van der Waals surface area contributed by atoms with E-state index in [4.69, 9.17) is 0 Å². The van der Waals surface area contributed by atoms with Gasteiger partial charge in [-0.15, -0.1) is 0 Å². The number of nitrogens with zero attached hydrogens (tertiary/aromatic N) is 1. The third-order valence-corrected chi connectivity index (χ3v) is 9.65. The fraction of sp³-hybridized carbons (Fsp3) is 0.581. The average Bonchev–Trinajstić information content (AvgIpc) is 2.97. The van der Waals surface area contributed by atoms with Gasteiger partial charge in [-0.1, -0.05) is 94.9 Å². The number of pyridine rings is 1. The van der Waals surface area contributed by atoms with Crippen LogP contribution in [0.1, 0.15) is 89.9 Å². The molecule has 0 aliphatic rings. The Balaban J connectivity index is 1.33. The van der Waals surface area contributed by atoms with Gasteiger partial charge in [0.2, 0.25) is 5.52 Å². The molecular formula is C31H40F6NO6S2+. The van der Waals surface area contributed by atoms with Gasteiger partial charge in [0, 0.05) is 23.3 Å². The van der Waals surface area contributed by atoms with Crippen molar-refractivity contribution in [2.24, 2.45) is 0 Å². The maximum Gasteiger partial charge on any atom is 0.534 e. The summed E-state index contributed by atoms with van der Waals surface area (Å²) in [5.74, 6) is -0.367. The number of alkyl halides is 6. The van der Waals surface area contributed by atoms with E-state index >= 15 is 0 Å². The van der Waals surface area contributed by atoms with Gasteiger partial charge in [-0.05, 0) is 25.0 Å². The first-order valence-electron chi connectivity index (χ1n) is 15.4. The first-order chi connectivity index (χ1) is 21.6. The Morgan fingerprint density at radius 3 is 1.63 bits per heavy atom. The van der Waals surface area contributed by atoms with E-state index in [0.717, 1.165) is 82.4 Å². The largest absolute Gasteiger partial charge is 0.534 e. The van der Waals surface area contributed by atoms with Crippen molar-refractivity contribution in [3.8, 4) is 5.75 Å². The van der Waals surface area contributed by atoms with Crippen LogP contribution in [-0.2, 0) is 31.0 Å². The molecule has 1 aromatic heterocycles. The molecule has 0 N–H and O–H groups in total. The van der Waals surface area contributed by atoms with E-state index in [-0.39, 0.29) is 12.2 Å². The molecule has 0 bridgehead atoms. The van der Waals surface area contributed by atoms with Crippen molar-refractivity contribution in [3.05, 3.63) is 48.7 Å². The molecule has 0 aliphatic carbocycles. The van der Waals surface area contributed by atoms with E-state index in [9.17, 15) is 43.2 Å². The van der Waals surface area contributed by atoms with Crippen molar-refractivity contribution in [2.75, 3.05) is 6.61 Å². The minimum Gasteiger partial charge on any atom is -0.375 e. The number of halogens is 6. The van der Waals surface area contributed by atoms with Crippen molar-refractivity contribution in [1.82, 2.24) is 0 Å². The van der Waals surface area contributed by atoms with Crippen molar-refractivity contribution in [3.63, 3.8) is 0 Å². The molecule has 0 radical (unpaired) electrons. The van der Waals surface area contributed by atoms with Crippen molar-refractivity contribution in [1.29, 1.82) is 0 Å². The lowest BCUT2D eigenvalue weighted by Crippen LogP contribution is -2.34. The second-order valence-corrected chi connectivity index (χ2v) is 14.4. The minimum absolute atomic E-state index is 0.264. The summed E-state index contributed by atoms with van der Waals surface area (Å²) >= 11 is 0. The van der Waals surface area contributed by atoms with E-state index in [1.807, 2.05) is 16.8 Å². The van der Waals surface area contributed by atoms with Crippen LogP contribution in [0.4, 0.5) is 26.3 Å². The van der Waals surface area contributed by atoms with Gasteiger partial charge in [-0.2, -0.15) is 47.7 Å². The number of aromatic nitrogens is 1. The molecule has 46 heavy (non-hydrogen) atoms. The molecule has 0 atom stereocenters. The Morgan fingerprint density at radius 2 is 1.09 bits per heavy atom. The number of aryl methyl sites for hydroxylation is 1. The Morgan fingerprint density at radius 1 is 0.587 bits per heavy atom. The molecule has 0 amide bonds. The van der Waals surface area contributed by atoms with E-state index in [2.05, 4.69) is 8.37 Å². The molecule has 0 aliphatic heterocycles. The van der Waals surface area contributed by atoms with Crippen LogP contribution in [0, 0.1) is 0 Å². The Hall–Kier alpha value is -2.65. The molecule has 0 saturated carbocycles. The summed E-state index contributed by atoms with van der Waals surface area (Å²) in [5, 5.41) is 1.65. The Kier molecular flexibility index (Phi) is 13.9. The summed E-state index contributed by atoms with van der Waals surface area (Å²) in [6, 6.07) is 11.5. The monoisotopic (exact) mass is 700 g/mol. The lowest BCUT2D eigenvalue weighted by molar-refractivity contribution is -0.670. The van der Waals surface area contributed by atoms with Crippen LogP contribution in [0.3, 0.4) is 0 Å². The maximum atomic E-state index is 13.0. The normalized spacial score (nSPS) is 13.1. The molecule has 3 rings (SSSR count). The molecule has 7 nitrogen and oxygen atoms in total. The van der Waals surface area contributed by atoms with Gasteiger partial charge >= 0.3 is 31.3 Å². The molecule has 15 heteroatoms.